The molecule has 1 aliphatic heterocycles. The number of nitrogens with one attached hydrogen (secondary N) is 1. The maximum Gasteiger partial charge on any atom is 0.410 e. The van der Waals surface area contributed by atoms with E-state index in [1.165, 1.54) is 16.8 Å². The highest BCUT2D eigenvalue weighted by Crippen LogP contribution is 2.42. The molecule has 0 unspecified atom stereocenters. The molecule has 0 radical (unpaired) electrons. The molecule has 1 amide bonds. The monoisotopic (exact) mass is 499 g/mol. The maximum atomic E-state index is 12.6. The fourth-order valence-corrected chi connectivity index (χ4v) is 5.39. The molecular formula is C22H41N3O6Si2. The zero-order valence-electron chi connectivity index (χ0n) is 21.7. The number of aromatic nitrogens is 2. The average molecular weight is 500 g/mol. The molecule has 3 atom stereocenters. The molecule has 188 valence electrons. The summed E-state index contributed by atoms with van der Waals surface area (Å²) >= 11 is 0. The van der Waals surface area contributed by atoms with Crippen LogP contribution in [0, 0.1) is 0 Å². The van der Waals surface area contributed by atoms with E-state index in [1.807, 2.05) is 0 Å². The lowest BCUT2D eigenvalue weighted by atomic mass is 10.2. The predicted octanol–water partition coefficient (Wildman–Crippen LogP) is 5.03. The second-order valence-corrected chi connectivity index (χ2v) is 21.4. The second-order valence-electron chi connectivity index (χ2n) is 11.8. The normalized spacial score (nSPS) is 22.4. The fraction of sp³-hybridized carbons (Fsp3) is 0.773. The molecule has 0 spiro atoms. The van der Waals surface area contributed by atoms with Gasteiger partial charge in [-0.1, -0.05) is 41.5 Å². The van der Waals surface area contributed by atoms with Crippen LogP contribution in [-0.2, 0) is 13.6 Å². The van der Waals surface area contributed by atoms with Crippen molar-refractivity contribution in [3.8, 4) is 0 Å². The van der Waals surface area contributed by atoms with Gasteiger partial charge in [0.25, 0.3) is 0 Å². The highest BCUT2D eigenvalue weighted by molar-refractivity contribution is 6.74. The highest BCUT2D eigenvalue weighted by atomic mass is 28.4. The smallest absolute Gasteiger partial charge is 0.410 e. The van der Waals surface area contributed by atoms with Gasteiger partial charge < -0.3 is 18.7 Å². The molecule has 11 heteroatoms. The summed E-state index contributed by atoms with van der Waals surface area (Å²) in [5.41, 5.74) is -0.580. The van der Waals surface area contributed by atoms with Crippen LogP contribution in [0.5, 0.6) is 0 Å². The van der Waals surface area contributed by atoms with E-state index >= 15 is 0 Å². The second kappa shape index (κ2) is 9.61. The van der Waals surface area contributed by atoms with Crippen LogP contribution in [0.3, 0.4) is 0 Å². The SMILES string of the molecule is CC(C)(C)[Si](C)(C)OC[C@H]1O[C@@H](n2ccc(NC(=O)O)nc2=O)C[C@@H]1O[Si](C)(C)C(C)(C)C. The largest absolute Gasteiger partial charge is 0.465 e. The third kappa shape index (κ3) is 6.75. The van der Waals surface area contributed by atoms with Crippen LogP contribution >= 0.6 is 0 Å². The van der Waals surface area contributed by atoms with Gasteiger partial charge in [-0.25, -0.2) is 9.59 Å². The Hall–Kier alpha value is -1.54. The number of amides is 1. The van der Waals surface area contributed by atoms with E-state index in [-0.39, 0.29) is 28.1 Å². The Morgan fingerprint density at radius 2 is 1.76 bits per heavy atom. The minimum atomic E-state index is -2.10. The summed E-state index contributed by atoms with van der Waals surface area (Å²) in [5, 5.41) is 11.0. The topological polar surface area (TPSA) is 112 Å². The number of carboxylic acid groups (broad SMARTS) is 1. The van der Waals surface area contributed by atoms with Crippen molar-refractivity contribution >= 4 is 28.5 Å². The van der Waals surface area contributed by atoms with Gasteiger partial charge in [-0.15, -0.1) is 0 Å². The summed E-state index contributed by atoms with van der Waals surface area (Å²) in [5.74, 6) is -0.0198. The number of nitrogens with zero attached hydrogens (tertiary/aromatic N) is 2. The number of ether oxygens (including phenoxy) is 1. The van der Waals surface area contributed by atoms with Crippen LogP contribution in [0.1, 0.15) is 54.2 Å². The molecule has 1 aromatic heterocycles. The molecule has 0 bridgehead atoms. The first-order chi connectivity index (χ1) is 14.8. The van der Waals surface area contributed by atoms with E-state index in [4.69, 9.17) is 18.7 Å². The van der Waals surface area contributed by atoms with Crippen LogP contribution in [0.15, 0.2) is 17.1 Å². The van der Waals surface area contributed by atoms with Crippen molar-refractivity contribution in [3.05, 3.63) is 22.7 Å². The van der Waals surface area contributed by atoms with Crippen molar-refractivity contribution in [1.82, 2.24) is 9.55 Å². The standard InChI is InChI=1S/C22H41N3O6Si2/c1-21(2,3)32(7,8)29-14-16-15(31-33(9,10)22(4,5)6)13-18(30-16)25-12-11-17(23-19(25)26)24-20(27)28/h11-12,15-16,18H,13-14H2,1-10H3,(H,27,28)(H,23,24,26)/t15-,16+,18+/m0/s1. The number of hydrogen-bond donors (Lipinski definition) is 2. The van der Waals surface area contributed by atoms with Gasteiger partial charge in [0, 0.05) is 12.6 Å². The number of anilines is 1. The van der Waals surface area contributed by atoms with Crippen LogP contribution in [0.25, 0.3) is 0 Å². The van der Waals surface area contributed by atoms with Gasteiger partial charge >= 0.3 is 11.8 Å². The summed E-state index contributed by atoms with van der Waals surface area (Å²) in [4.78, 5) is 27.3. The zero-order valence-corrected chi connectivity index (χ0v) is 23.7. The average Bonchev–Trinajstić information content (AvgIpc) is 2.99. The summed E-state index contributed by atoms with van der Waals surface area (Å²) in [7, 11) is -4.10. The van der Waals surface area contributed by atoms with Crippen molar-refractivity contribution in [1.29, 1.82) is 0 Å². The molecule has 1 fully saturated rings. The summed E-state index contributed by atoms with van der Waals surface area (Å²) < 4.78 is 20.9. The summed E-state index contributed by atoms with van der Waals surface area (Å²) in [6, 6.07) is 1.45. The quantitative estimate of drug-likeness (QED) is 0.506. The van der Waals surface area contributed by atoms with Crippen molar-refractivity contribution in [3.63, 3.8) is 0 Å². The van der Waals surface area contributed by atoms with E-state index in [0.29, 0.717) is 13.0 Å². The molecular weight excluding hydrogens is 458 g/mol. The Balaban J connectivity index is 2.28. The molecule has 0 aliphatic carbocycles. The molecule has 2 N–H and O–H groups in total. The van der Waals surface area contributed by atoms with Crippen molar-refractivity contribution in [2.75, 3.05) is 11.9 Å². The lowest BCUT2D eigenvalue weighted by Crippen LogP contribution is -2.48. The Kier molecular flexibility index (Phi) is 8.07. The Labute approximate surface area is 199 Å². The minimum Gasteiger partial charge on any atom is -0.465 e. The zero-order chi connectivity index (χ0) is 25.4. The lowest BCUT2D eigenvalue weighted by molar-refractivity contribution is -0.0411. The van der Waals surface area contributed by atoms with E-state index in [9.17, 15) is 9.59 Å². The van der Waals surface area contributed by atoms with E-state index in [0.717, 1.165) is 0 Å². The van der Waals surface area contributed by atoms with Gasteiger partial charge in [0.2, 0.25) is 0 Å². The number of carbonyl (C=O) groups is 1. The first-order valence-corrected chi connectivity index (χ1v) is 17.2. The Morgan fingerprint density at radius 3 is 2.24 bits per heavy atom. The molecule has 33 heavy (non-hydrogen) atoms. The van der Waals surface area contributed by atoms with Crippen LogP contribution in [0.4, 0.5) is 10.6 Å². The third-order valence-electron chi connectivity index (χ3n) is 7.22. The van der Waals surface area contributed by atoms with E-state index in [2.05, 4.69) is 78.0 Å². The maximum absolute atomic E-state index is 12.6. The van der Waals surface area contributed by atoms with Crippen LogP contribution < -0.4 is 11.0 Å². The van der Waals surface area contributed by atoms with Gasteiger partial charge in [0.15, 0.2) is 16.6 Å². The van der Waals surface area contributed by atoms with Crippen molar-refractivity contribution in [2.45, 2.75) is 103 Å². The Morgan fingerprint density at radius 1 is 1.18 bits per heavy atom. The molecule has 2 heterocycles. The molecule has 1 saturated heterocycles. The molecule has 9 nitrogen and oxygen atoms in total. The highest BCUT2D eigenvalue weighted by Gasteiger charge is 2.46. The molecule has 0 aromatic carbocycles. The minimum absolute atomic E-state index is 0.0198. The van der Waals surface area contributed by atoms with Gasteiger partial charge in [-0.3, -0.25) is 9.88 Å². The van der Waals surface area contributed by atoms with Gasteiger partial charge in [-0.2, -0.15) is 4.98 Å². The van der Waals surface area contributed by atoms with E-state index < -0.39 is 34.6 Å². The summed E-state index contributed by atoms with van der Waals surface area (Å²) in [6.07, 6.45) is -0.377. The first kappa shape index (κ1) is 27.7. The predicted molar refractivity (Wildman–Crippen MR) is 134 cm³/mol. The number of hydrogen-bond acceptors (Lipinski definition) is 6. The first-order valence-electron chi connectivity index (χ1n) is 11.4. The summed E-state index contributed by atoms with van der Waals surface area (Å²) in [6.45, 7) is 22.4. The number of rotatable bonds is 7. The van der Waals surface area contributed by atoms with Gasteiger partial charge in [0.05, 0.1) is 12.7 Å². The molecule has 0 saturated carbocycles. The van der Waals surface area contributed by atoms with Crippen LogP contribution in [0.2, 0.25) is 36.3 Å². The third-order valence-corrected chi connectivity index (χ3v) is 16.2. The van der Waals surface area contributed by atoms with E-state index in [1.54, 1.807) is 0 Å². The van der Waals surface area contributed by atoms with Crippen molar-refractivity contribution in [2.24, 2.45) is 0 Å². The van der Waals surface area contributed by atoms with Crippen LogP contribution in [-0.4, -0.2) is 56.2 Å². The fourth-order valence-electron chi connectivity index (χ4n) is 3.02. The van der Waals surface area contributed by atoms with Gasteiger partial charge in [-0.05, 0) is 42.3 Å². The lowest BCUT2D eigenvalue weighted by Gasteiger charge is -2.40. The Bertz CT molecular complexity index is 905. The van der Waals surface area contributed by atoms with Crippen molar-refractivity contribution < 1.29 is 23.5 Å². The molecule has 2 rings (SSSR count). The molecule has 1 aliphatic rings. The molecule has 1 aromatic rings. The van der Waals surface area contributed by atoms with Gasteiger partial charge in [0.1, 0.15) is 18.1 Å².